The van der Waals surface area contributed by atoms with Crippen LogP contribution in [0.1, 0.15) is 10.4 Å². The monoisotopic (exact) mass is 534 g/mol. The largest absolute Gasteiger partial charge is 0.362 e. The summed E-state index contributed by atoms with van der Waals surface area (Å²) in [5.41, 5.74) is 0.233. The third-order valence-electron chi connectivity index (χ3n) is 6.05. The SMILES string of the molecule is CCl.CN(C)CCn1c(=O)c([N+](=O)[O-])c(N2CCN(C(=O)c3ccc(F)cc3)CC2)c2ccccc21.N. The summed E-state index contributed by atoms with van der Waals surface area (Å²) in [6, 6.07) is 12.6. The van der Waals surface area contributed by atoms with E-state index in [1.54, 1.807) is 23.1 Å². The Balaban J connectivity index is 0.00000157. The van der Waals surface area contributed by atoms with E-state index in [0.29, 0.717) is 61.4 Å². The number of carbonyl (C=O) groups excluding carboxylic acids is 1. The molecule has 1 amide bonds. The summed E-state index contributed by atoms with van der Waals surface area (Å²) >= 11 is 4.64. The number of anilines is 1. The lowest BCUT2D eigenvalue weighted by atomic mass is 10.1. The maximum atomic E-state index is 13.3. The number of pyridine rings is 1. The Bertz CT molecular complexity index is 1290. The van der Waals surface area contributed by atoms with E-state index in [9.17, 15) is 24.1 Å². The molecule has 1 saturated heterocycles. The molecule has 3 aromatic rings. The van der Waals surface area contributed by atoms with E-state index < -0.39 is 22.0 Å². The van der Waals surface area contributed by atoms with Crippen molar-refractivity contribution in [3.8, 4) is 0 Å². The van der Waals surface area contributed by atoms with E-state index in [1.165, 1.54) is 35.2 Å². The molecule has 200 valence electrons. The molecular formula is C25H32ClFN6O4. The molecule has 1 aromatic heterocycles. The molecule has 0 aliphatic carbocycles. The summed E-state index contributed by atoms with van der Waals surface area (Å²) in [7, 11) is 3.76. The molecule has 1 aliphatic rings. The Hall–Kier alpha value is -3.54. The van der Waals surface area contributed by atoms with Gasteiger partial charge in [-0.15, -0.1) is 11.6 Å². The van der Waals surface area contributed by atoms with Gasteiger partial charge in [0.1, 0.15) is 11.5 Å². The number of nitro groups is 1. The second kappa shape index (κ2) is 13.1. The van der Waals surface area contributed by atoms with Crippen LogP contribution < -0.4 is 16.6 Å². The zero-order valence-corrected chi connectivity index (χ0v) is 21.9. The highest BCUT2D eigenvalue weighted by Gasteiger charge is 2.32. The smallest absolute Gasteiger partial charge is 0.357 e. The van der Waals surface area contributed by atoms with Crippen LogP contribution in [-0.2, 0) is 6.54 Å². The first-order chi connectivity index (χ1) is 17.3. The molecule has 2 heterocycles. The van der Waals surface area contributed by atoms with Gasteiger partial charge in [-0.3, -0.25) is 19.7 Å². The molecule has 1 fully saturated rings. The van der Waals surface area contributed by atoms with Gasteiger partial charge in [0.25, 0.3) is 5.91 Å². The molecule has 4 rings (SSSR count). The lowest BCUT2D eigenvalue weighted by Gasteiger charge is -2.36. The Morgan fingerprint density at radius 2 is 1.65 bits per heavy atom. The third-order valence-corrected chi connectivity index (χ3v) is 6.05. The highest BCUT2D eigenvalue weighted by Crippen LogP contribution is 2.34. The van der Waals surface area contributed by atoms with Crippen molar-refractivity contribution in [3.05, 3.63) is 80.4 Å². The average Bonchev–Trinajstić information content (AvgIpc) is 2.88. The Morgan fingerprint density at radius 3 is 2.22 bits per heavy atom. The van der Waals surface area contributed by atoms with E-state index in [4.69, 9.17) is 0 Å². The van der Waals surface area contributed by atoms with Crippen LogP contribution in [0.2, 0.25) is 0 Å². The molecule has 0 bridgehead atoms. The van der Waals surface area contributed by atoms with Gasteiger partial charge in [0.15, 0.2) is 0 Å². The predicted molar refractivity (Wildman–Crippen MR) is 145 cm³/mol. The maximum absolute atomic E-state index is 13.3. The predicted octanol–water partition coefficient (Wildman–Crippen LogP) is 3.59. The van der Waals surface area contributed by atoms with Gasteiger partial charge in [-0.1, -0.05) is 18.2 Å². The molecule has 12 heteroatoms. The van der Waals surface area contributed by atoms with Crippen molar-refractivity contribution < 1.29 is 14.1 Å². The number of alkyl halides is 1. The van der Waals surface area contributed by atoms with E-state index in [2.05, 4.69) is 11.6 Å². The Labute approximate surface area is 219 Å². The Morgan fingerprint density at radius 1 is 1.05 bits per heavy atom. The van der Waals surface area contributed by atoms with Crippen LogP contribution >= 0.6 is 11.6 Å². The van der Waals surface area contributed by atoms with Gasteiger partial charge < -0.3 is 25.4 Å². The number of hydrogen-bond donors (Lipinski definition) is 1. The van der Waals surface area contributed by atoms with Crippen molar-refractivity contribution in [3.63, 3.8) is 0 Å². The lowest BCUT2D eigenvalue weighted by Crippen LogP contribution is -2.49. The van der Waals surface area contributed by atoms with Gasteiger partial charge in [-0.05, 0) is 44.4 Å². The highest BCUT2D eigenvalue weighted by molar-refractivity contribution is 6.15. The first-order valence-electron chi connectivity index (χ1n) is 11.4. The number of piperazine rings is 1. The minimum absolute atomic E-state index is 0. The summed E-state index contributed by atoms with van der Waals surface area (Å²) in [4.78, 5) is 42.9. The fraction of sp³-hybridized carbons (Fsp3) is 0.360. The molecule has 0 spiro atoms. The van der Waals surface area contributed by atoms with E-state index in [-0.39, 0.29) is 12.1 Å². The topological polar surface area (TPSA) is 127 Å². The second-order valence-corrected chi connectivity index (χ2v) is 8.52. The van der Waals surface area contributed by atoms with Crippen molar-refractivity contribution in [2.24, 2.45) is 0 Å². The van der Waals surface area contributed by atoms with Crippen LogP contribution in [0.4, 0.5) is 15.8 Å². The van der Waals surface area contributed by atoms with Crippen molar-refractivity contribution >= 4 is 39.8 Å². The summed E-state index contributed by atoms with van der Waals surface area (Å²) in [6.07, 6.45) is 1.47. The fourth-order valence-corrected chi connectivity index (χ4v) is 4.29. The van der Waals surface area contributed by atoms with Crippen molar-refractivity contribution in [1.82, 2.24) is 20.5 Å². The molecule has 10 nitrogen and oxygen atoms in total. The van der Waals surface area contributed by atoms with Gasteiger partial charge >= 0.3 is 11.2 Å². The van der Waals surface area contributed by atoms with Crippen LogP contribution in [0.15, 0.2) is 53.3 Å². The van der Waals surface area contributed by atoms with Crippen molar-refractivity contribution in [1.29, 1.82) is 0 Å². The Kier molecular flexibility index (Phi) is 10.5. The van der Waals surface area contributed by atoms with E-state index >= 15 is 0 Å². The molecule has 0 unspecified atom stereocenters. The number of halogens is 2. The van der Waals surface area contributed by atoms with Crippen LogP contribution in [0, 0.1) is 15.9 Å². The number of carbonyl (C=O) groups is 1. The number of benzene rings is 2. The molecule has 2 aromatic carbocycles. The summed E-state index contributed by atoms with van der Waals surface area (Å²) < 4.78 is 14.7. The van der Waals surface area contributed by atoms with Crippen LogP contribution in [0.3, 0.4) is 0 Å². The second-order valence-electron chi connectivity index (χ2n) is 8.52. The van der Waals surface area contributed by atoms with Gasteiger partial charge in [0.2, 0.25) is 0 Å². The average molecular weight is 535 g/mol. The molecule has 37 heavy (non-hydrogen) atoms. The van der Waals surface area contributed by atoms with Crippen molar-refractivity contribution in [2.45, 2.75) is 6.54 Å². The highest BCUT2D eigenvalue weighted by atomic mass is 35.5. The normalized spacial score (nSPS) is 13.1. The molecule has 0 radical (unpaired) electrons. The lowest BCUT2D eigenvalue weighted by molar-refractivity contribution is -0.385. The minimum atomic E-state index is -0.634. The quantitative estimate of drug-likeness (QED) is 0.291. The summed E-state index contributed by atoms with van der Waals surface area (Å²) in [5.74, 6) is -0.640. The van der Waals surface area contributed by atoms with Crippen LogP contribution in [0.5, 0.6) is 0 Å². The number of nitrogens with zero attached hydrogens (tertiary/aromatic N) is 5. The molecular weight excluding hydrogens is 503 g/mol. The van der Waals surface area contributed by atoms with E-state index in [0.717, 1.165) is 0 Å². The molecule has 0 saturated carbocycles. The fourth-order valence-electron chi connectivity index (χ4n) is 4.29. The van der Waals surface area contributed by atoms with Crippen molar-refractivity contribution in [2.75, 3.05) is 58.1 Å². The first-order valence-corrected chi connectivity index (χ1v) is 12.2. The number of amides is 1. The number of hydrogen-bond acceptors (Lipinski definition) is 7. The van der Waals surface area contributed by atoms with Crippen LogP contribution in [-0.4, -0.2) is 78.4 Å². The van der Waals surface area contributed by atoms with Gasteiger partial charge in [-0.2, -0.15) is 0 Å². The third kappa shape index (κ3) is 6.43. The number of aromatic nitrogens is 1. The van der Waals surface area contributed by atoms with Gasteiger partial charge in [0, 0.05) is 56.6 Å². The number of likely N-dealkylation sites (N-methyl/N-ethyl adjacent to an activating group) is 1. The van der Waals surface area contributed by atoms with Crippen LogP contribution in [0.25, 0.3) is 10.9 Å². The summed E-state index contributed by atoms with van der Waals surface area (Å²) in [5, 5.41) is 12.7. The number of rotatable bonds is 6. The minimum Gasteiger partial charge on any atom is -0.362 e. The zero-order chi connectivity index (χ0) is 26.4. The zero-order valence-electron chi connectivity index (χ0n) is 21.2. The number of fused-ring (bicyclic) bond motifs is 1. The first kappa shape index (κ1) is 29.7. The van der Waals surface area contributed by atoms with Gasteiger partial charge in [0.05, 0.1) is 10.4 Å². The number of para-hydroxylation sites is 1. The van der Waals surface area contributed by atoms with E-state index in [1.807, 2.05) is 30.0 Å². The molecule has 1 aliphatic heterocycles. The molecule has 0 atom stereocenters. The van der Waals surface area contributed by atoms with Gasteiger partial charge in [-0.25, -0.2) is 4.39 Å². The maximum Gasteiger partial charge on any atom is 0.357 e. The standard InChI is InChI=1S/C24H26FN5O4.CH3Cl.H3N/c1-26(2)11-16-29-20-6-4-3-5-19(20)21(22(24(29)32)30(33)34)27-12-14-28(15-13-27)23(31)17-7-9-18(25)10-8-17;1-2;/h3-10H,11-16H2,1-2H3;1H3;1H3. The molecule has 3 N–H and O–H groups in total. The summed E-state index contributed by atoms with van der Waals surface area (Å²) in [6.45, 7) is 2.20.